The average molecular weight is 427 g/mol. The molecule has 0 bridgehead atoms. The number of carbonyl (C=O) groups is 1. The Morgan fingerprint density at radius 2 is 1.73 bits per heavy atom. The minimum absolute atomic E-state index is 0.0901. The van der Waals surface area contributed by atoms with E-state index in [2.05, 4.69) is 10.3 Å². The third kappa shape index (κ3) is 5.57. The van der Waals surface area contributed by atoms with Gasteiger partial charge in [0.25, 0.3) is 0 Å². The summed E-state index contributed by atoms with van der Waals surface area (Å²) >= 11 is 0. The largest absolute Gasteiger partial charge is 0.441 e. The fourth-order valence-electron chi connectivity index (χ4n) is 3.17. The molecular weight excluding hydrogens is 400 g/mol. The summed E-state index contributed by atoms with van der Waals surface area (Å²) in [5, 5.41) is 2.71. The van der Waals surface area contributed by atoms with Gasteiger partial charge < -0.3 is 9.73 Å². The fraction of sp³-hybridized carbons (Fsp3) is 0.304. The lowest BCUT2D eigenvalue weighted by Crippen LogP contribution is -2.33. The number of aryl methyl sites for hydroxylation is 2. The Morgan fingerprint density at radius 1 is 1.07 bits per heavy atom. The highest BCUT2D eigenvalue weighted by Gasteiger charge is 2.22. The Kier molecular flexibility index (Phi) is 6.72. The van der Waals surface area contributed by atoms with Crippen LogP contribution in [0.5, 0.6) is 0 Å². The van der Waals surface area contributed by atoms with Crippen LogP contribution in [-0.2, 0) is 20.4 Å². The molecule has 0 aliphatic heterocycles. The number of amides is 1. The first-order valence-corrected chi connectivity index (χ1v) is 11.6. The quantitative estimate of drug-likeness (QED) is 0.592. The molecule has 1 amide bonds. The van der Waals surface area contributed by atoms with Crippen LogP contribution in [0.4, 0.5) is 0 Å². The molecule has 0 saturated heterocycles. The molecular formula is C23H26N2O4S. The zero-order chi connectivity index (χ0) is 21.7. The van der Waals surface area contributed by atoms with Crippen molar-refractivity contribution in [3.05, 3.63) is 77.2 Å². The fourth-order valence-corrected chi connectivity index (χ4v) is 4.45. The van der Waals surface area contributed by atoms with E-state index in [4.69, 9.17) is 4.42 Å². The summed E-state index contributed by atoms with van der Waals surface area (Å²) in [6, 6.07) is 17.4. The minimum atomic E-state index is -3.68. The number of nitrogens with one attached hydrogen (secondary N) is 1. The molecule has 1 unspecified atom stereocenters. The van der Waals surface area contributed by atoms with Gasteiger partial charge in [-0.05, 0) is 37.0 Å². The number of benzene rings is 2. The lowest BCUT2D eigenvalue weighted by atomic mass is 10.0. The highest BCUT2D eigenvalue weighted by molar-refractivity contribution is 7.91. The first-order chi connectivity index (χ1) is 14.2. The van der Waals surface area contributed by atoms with Crippen LogP contribution in [0.15, 0.2) is 59.0 Å². The van der Waals surface area contributed by atoms with Crippen LogP contribution in [-0.4, -0.2) is 31.6 Å². The molecule has 0 saturated carbocycles. The summed E-state index contributed by atoms with van der Waals surface area (Å²) in [5.74, 6) is -0.520. The van der Waals surface area contributed by atoms with Crippen molar-refractivity contribution >= 4 is 15.7 Å². The second-order valence-corrected chi connectivity index (χ2v) is 9.55. The van der Waals surface area contributed by atoms with Crippen LogP contribution in [0.3, 0.4) is 0 Å². The number of aromatic nitrogens is 1. The van der Waals surface area contributed by atoms with Crippen LogP contribution >= 0.6 is 0 Å². The van der Waals surface area contributed by atoms with Crippen molar-refractivity contribution in [3.63, 3.8) is 0 Å². The first-order valence-electron chi connectivity index (χ1n) is 9.79. The zero-order valence-corrected chi connectivity index (χ0v) is 18.2. The average Bonchev–Trinajstić information content (AvgIpc) is 3.06. The molecule has 3 aromatic rings. The summed E-state index contributed by atoms with van der Waals surface area (Å²) in [6.07, 6.45) is 0. The van der Waals surface area contributed by atoms with Gasteiger partial charge >= 0.3 is 0 Å². The molecule has 3 rings (SSSR count). The number of oxazole rings is 1. The van der Waals surface area contributed by atoms with Crippen LogP contribution < -0.4 is 5.32 Å². The highest BCUT2D eigenvalue weighted by Crippen LogP contribution is 2.25. The van der Waals surface area contributed by atoms with E-state index >= 15 is 0 Å². The summed E-state index contributed by atoms with van der Waals surface area (Å²) < 4.78 is 30.8. The van der Waals surface area contributed by atoms with Crippen LogP contribution in [0.2, 0.25) is 0 Å². The molecule has 7 heteroatoms. The highest BCUT2D eigenvalue weighted by atomic mass is 32.2. The van der Waals surface area contributed by atoms with E-state index in [0.717, 1.165) is 16.7 Å². The molecule has 0 aliphatic rings. The predicted octanol–water partition coefficient (Wildman–Crippen LogP) is 3.79. The van der Waals surface area contributed by atoms with Crippen LogP contribution in [0.25, 0.3) is 11.5 Å². The topological polar surface area (TPSA) is 89.3 Å². The summed E-state index contributed by atoms with van der Waals surface area (Å²) in [4.78, 5) is 16.6. The first kappa shape index (κ1) is 21.8. The van der Waals surface area contributed by atoms with Gasteiger partial charge in [0, 0.05) is 12.1 Å². The molecule has 1 aromatic heterocycles. The molecule has 30 heavy (non-hydrogen) atoms. The van der Waals surface area contributed by atoms with Crippen molar-refractivity contribution in [1.82, 2.24) is 10.3 Å². The summed E-state index contributed by atoms with van der Waals surface area (Å²) in [6.45, 7) is 5.97. The van der Waals surface area contributed by atoms with Crippen molar-refractivity contribution < 1.29 is 17.6 Å². The third-order valence-corrected chi connectivity index (χ3v) is 6.37. The normalized spacial score (nSPS) is 12.5. The lowest BCUT2D eigenvalue weighted by molar-refractivity contribution is -0.118. The Bertz CT molecular complexity index is 1120. The van der Waals surface area contributed by atoms with Gasteiger partial charge in [-0.25, -0.2) is 13.4 Å². The maximum atomic E-state index is 12.5. The molecule has 6 nitrogen and oxygen atoms in total. The lowest BCUT2D eigenvalue weighted by Gasteiger charge is -2.13. The second-order valence-electron chi connectivity index (χ2n) is 7.48. The van der Waals surface area contributed by atoms with Crippen LogP contribution in [0.1, 0.15) is 35.4 Å². The van der Waals surface area contributed by atoms with Gasteiger partial charge in [-0.1, -0.05) is 55.5 Å². The number of hydrogen-bond donors (Lipinski definition) is 1. The van der Waals surface area contributed by atoms with E-state index in [1.54, 1.807) is 6.92 Å². The molecule has 158 valence electrons. The molecule has 0 aliphatic carbocycles. The monoisotopic (exact) mass is 426 g/mol. The van der Waals surface area contributed by atoms with Crippen molar-refractivity contribution in [1.29, 1.82) is 0 Å². The second kappa shape index (κ2) is 9.26. The number of hydrogen-bond acceptors (Lipinski definition) is 5. The number of nitrogens with zero attached hydrogens (tertiary/aromatic N) is 1. The maximum Gasteiger partial charge on any atom is 0.235 e. The van der Waals surface area contributed by atoms with E-state index in [9.17, 15) is 13.2 Å². The third-order valence-electron chi connectivity index (χ3n) is 4.95. The molecule has 0 spiro atoms. The van der Waals surface area contributed by atoms with E-state index in [1.165, 1.54) is 0 Å². The number of rotatable bonds is 8. The molecule has 0 fully saturated rings. The van der Waals surface area contributed by atoms with Gasteiger partial charge in [0.2, 0.25) is 11.8 Å². The van der Waals surface area contributed by atoms with Gasteiger partial charge in [-0.15, -0.1) is 0 Å². The summed E-state index contributed by atoms with van der Waals surface area (Å²) in [5.41, 5.74) is 3.22. The van der Waals surface area contributed by atoms with E-state index in [1.807, 2.05) is 68.4 Å². The summed E-state index contributed by atoms with van der Waals surface area (Å²) in [7, 11) is -3.68. The Labute approximate surface area is 177 Å². The van der Waals surface area contributed by atoms with Gasteiger partial charge in [0.1, 0.15) is 11.5 Å². The molecule has 0 radical (unpaired) electrons. The zero-order valence-electron chi connectivity index (χ0n) is 17.4. The van der Waals surface area contributed by atoms with Crippen molar-refractivity contribution in [2.75, 3.05) is 12.3 Å². The number of sulfone groups is 1. The molecule has 1 N–H and O–H groups in total. The molecule has 1 atom stereocenters. The van der Waals surface area contributed by atoms with Gasteiger partial charge in [-0.3, -0.25) is 4.79 Å². The van der Waals surface area contributed by atoms with Crippen molar-refractivity contribution in [2.24, 2.45) is 0 Å². The van der Waals surface area contributed by atoms with Crippen molar-refractivity contribution in [2.45, 2.75) is 32.4 Å². The van der Waals surface area contributed by atoms with Gasteiger partial charge in [0.05, 0.1) is 11.4 Å². The Morgan fingerprint density at radius 3 is 2.43 bits per heavy atom. The molecule has 1 heterocycles. The van der Waals surface area contributed by atoms with Crippen LogP contribution in [0, 0.1) is 13.8 Å². The SMILES string of the molecule is Cc1ccccc1-c1nc(CS(=O)(=O)CC(=O)NCC(C)c2ccccc2)c(C)o1. The number of carbonyl (C=O) groups excluding carboxylic acids is 1. The van der Waals surface area contributed by atoms with Gasteiger partial charge in [0.15, 0.2) is 9.84 Å². The Hall–Kier alpha value is -2.93. The van der Waals surface area contributed by atoms with Crippen molar-refractivity contribution in [3.8, 4) is 11.5 Å². The standard InChI is InChI=1S/C23H26N2O4S/c1-16-9-7-8-12-20(16)23-25-21(18(3)29-23)14-30(27,28)15-22(26)24-13-17(2)19-10-5-4-6-11-19/h4-12,17H,13-15H2,1-3H3,(H,24,26). The smallest absolute Gasteiger partial charge is 0.235 e. The van der Waals surface area contributed by atoms with E-state index < -0.39 is 21.5 Å². The Balaban J connectivity index is 1.61. The van der Waals surface area contributed by atoms with E-state index in [-0.39, 0.29) is 11.7 Å². The van der Waals surface area contributed by atoms with E-state index in [0.29, 0.717) is 23.9 Å². The predicted molar refractivity (Wildman–Crippen MR) is 117 cm³/mol. The minimum Gasteiger partial charge on any atom is -0.441 e. The maximum absolute atomic E-state index is 12.5. The van der Waals surface area contributed by atoms with Gasteiger partial charge in [-0.2, -0.15) is 0 Å². The molecule has 2 aromatic carbocycles.